The summed E-state index contributed by atoms with van der Waals surface area (Å²) in [5.74, 6) is -0.0802. The molecule has 3 N–H and O–H groups in total. The van der Waals surface area contributed by atoms with E-state index in [1.165, 1.54) is 167 Å². The fraction of sp³-hybridized carbons (Fsp3) is 0.922. The first kappa shape index (κ1) is 55.6. The largest absolute Gasteiger partial charge is 0.466 e. The van der Waals surface area contributed by atoms with Gasteiger partial charge in [0.15, 0.2) is 0 Å². The molecule has 0 saturated heterocycles. The zero-order valence-electron chi connectivity index (χ0n) is 38.3. The average Bonchev–Trinajstić information content (AvgIpc) is 3.21. The molecule has 0 fully saturated rings. The van der Waals surface area contributed by atoms with Gasteiger partial charge in [-0.15, -0.1) is 0 Å². The Kier molecular flexibility index (Phi) is 46.1. The highest BCUT2D eigenvalue weighted by Gasteiger charge is 2.20. The van der Waals surface area contributed by atoms with E-state index in [9.17, 15) is 19.8 Å². The number of rotatable bonds is 47. The van der Waals surface area contributed by atoms with Gasteiger partial charge in [0.1, 0.15) is 0 Å². The highest BCUT2D eigenvalue weighted by molar-refractivity contribution is 5.76. The third kappa shape index (κ3) is 44.0. The van der Waals surface area contributed by atoms with Gasteiger partial charge < -0.3 is 20.3 Å². The third-order valence-corrected chi connectivity index (χ3v) is 11.8. The maximum absolute atomic E-state index is 12.4. The van der Waals surface area contributed by atoms with E-state index >= 15 is 0 Å². The molecule has 0 aromatic carbocycles. The number of nitrogens with one attached hydrogen (secondary N) is 1. The van der Waals surface area contributed by atoms with Crippen molar-refractivity contribution in [1.82, 2.24) is 5.32 Å². The molecule has 6 heteroatoms. The van der Waals surface area contributed by atoms with Crippen LogP contribution in [0.5, 0.6) is 0 Å². The van der Waals surface area contributed by atoms with Crippen LogP contribution in [0.2, 0.25) is 0 Å². The monoisotopic (exact) mass is 806 g/mol. The highest BCUT2D eigenvalue weighted by atomic mass is 16.5. The zero-order chi connectivity index (χ0) is 41.5. The molecule has 0 bridgehead atoms. The van der Waals surface area contributed by atoms with Crippen molar-refractivity contribution in [3.8, 4) is 0 Å². The molecule has 0 radical (unpaired) electrons. The molecule has 0 aliphatic carbocycles. The van der Waals surface area contributed by atoms with Crippen LogP contribution in [0.25, 0.3) is 0 Å². The van der Waals surface area contributed by atoms with Gasteiger partial charge in [0, 0.05) is 12.8 Å². The van der Waals surface area contributed by atoms with E-state index < -0.39 is 12.1 Å². The van der Waals surface area contributed by atoms with Crippen LogP contribution < -0.4 is 5.32 Å². The summed E-state index contributed by atoms with van der Waals surface area (Å²) in [7, 11) is 0. The number of carbonyl (C=O) groups is 2. The first-order valence-corrected chi connectivity index (χ1v) is 25.4. The van der Waals surface area contributed by atoms with Crippen molar-refractivity contribution in [2.75, 3.05) is 13.2 Å². The normalized spacial score (nSPS) is 12.7. The van der Waals surface area contributed by atoms with Crippen molar-refractivity contribution >= 4 is 11.9 Å². The van der Waals surface area contributed by atoms with Crippen LogP contribution in [0.15, 0.2) is 12.2 Å². The summed E-state index contributed by atoms with van der Waals surface area (Å²) >= 11 is 0. The van der Waals surface area contributed by atoms with E-state index in [-0.39, 0.29) is 18.5 Å². The van der Waals surface area contributed by atoms with E-state index in [0.29, 0.717) is 25.9 Å². The molecule has 0 aromatic rings. The van der Waals surface area contributed by atoms with Crippen LogP contribution in [0.1, 0.15) is 277 Å². The maximum atomic E-state index is 12.4. The second kappa shape index (κ2) is 47.3. The molecular formula is C51H99NO5. The van der Waals surface area contributed by atoms with Gasteiger partial charge in [-0.25, -0.2) is 0 Å². The smallest absolute Gasteiger partial charge is 0.305 e. The maximum Gasteiger partial charge on any atom is 0.305 e. The zero-order valence-corrected chi connectivity index (χ0v) is 38.3. The lowest BCUT2D eigenvalue weighted by molar-refractivity contribution is -0.143. The van der Waals surface area contributed by atoms with Crippen LogP contribution in [0.3, 0.4) is 0 Å². The average molecular weight is 806 g/mol. The standard InChI is InChI=1S/C51H99NO5/c1-3-5-7-9-11-13-15-16-17-18-19-20-25-29-33-37-41-45-51(56)57-46-42-38-34-30-26-22-21-24-28-32-36-40-44-50(55)52-48(47-53)49(54)43-39-35-31-27-23-14-12-10-8-6-4-2/h22,26,48-49,53-54H,3-21,23-25,27-47H2,1-2H3,(H,52,55)/b26-22-. The number of allylic oxidation sites excluding steroid dienone is 2. The molecule has 2 atom stereocenters. The Morgan fingerprint density at radius 1 is 0.474 bits per heavy atom. The molecule has 0 rings (SSSR count). The van der Waals surface area contributed by atoms with Crippen LogP contribution in [0.4, 0.5) is 0 Å². The lowest BCUT2D eigenvalue weighted by Crippen LogP contribution is -2.45. The summed E-state index contributed by atoms with van der Waals surface area (Å²) in [5.41, 5.74) is 0. The predicted octanol–water partition coefficient (Wildman–Crippen LogP) is 15.0. The molecule has 0 heterocycles. The SMILES string of the molecule is CCCCCCCCCCCCCCCCCCCC(=O)OCCCCC/C=C\CCCCCCCC(=O)NC(CO)C(O)CCCCCCCCCCCCC. The molecule has 0 aliphatic heterocycles. The molecular weight excluding hydrogens is 707 g/mol. The summed E-state index contributed by atoms with van der Waals surface area (Å²) in [4.78, 5) is 24.4. The Hall–Kier alpha value is -1.40. The van der Waals surface area contributed by atoms with E-state index in [1.54, 1.807) is 0 Å². The van der Waals surface area contributed by atoms with Crippen LogP contribution in [-0.2, 0) is 14.3 Å². The molecule has 57 heavy (non-hydrogen) atoms. The highest BCUT2D eigenvalue weighted by Crippen LogP contribution is 2.16. The Balaban J connectivity index is 3.46. The van der Waals surface area contributed by atoms with Gasteiger partial charge in [-0.2, -0.15) is 0 Å². The van der Waals surface area contributed by atoms with Gasteiger partial charge in [-0.3, -0.25) is 9.59 Å². The molecule has 1 amide bonds. The van der Waals surface area contributed by atoms with Gasteiger partial charge in [0.25, 0.3) is 0 Å². The van der Waals surface area contributed by atoms with Crippen LogP contribution in [0, 0.1) is 0 Å². The van der Waals surface area contributed by atoms with Crippen molar-refractivity contribution in [2.24, 2.45) is 0 Å². The summed E-state index contributed by atoms with van der Waals surface area (Å²) in [6.07, 6.45) is 53.3. The van der Waals surface area contributed by atoms with E-state index in [1.807, 2.05) is 0 Å². The number of hydrogen-bond acceptors (Lipinski definition) is 5. The number of amides is 1. The van der Waals surface area contributed by atoms with Crippen LogP contribution >= 0.6 is 0 Å². The van der Waals surface area contributed by atoms with Crippen LogP contribution in [-0.4, -0.2) is 47.4 Å². The number of carbonyl (C=O) groups excluding carboxylic acids is 2. The fourth-order valence-corrected chi connectivity index (χ4v) is 7.87. The van der Waals surface area contributed by atoms with E-state index in [2.05, 4.69) is 31.3 Å². The van der Waals surface area contributed by atoms with Crippen molar-refractivity contribution in [3.63, 3.8) is 0 Å². The number of aliphatic hydroxyl groups is 2. The Bertz CT molecular complexity index is 847. The topological polar surface area (TPSA) is 95.9 Å². The minimum atomic E-state index is -0.677. The second-order valence-corrected chi connectivity index (χ2v) is 17.5. The summed E-state index contributed by atoms with van der Waals surface area (Å²) in [5, 5.41) is 23.1. The molecule has 0 saturated carbocycles. The molecule has 338 valence electrons. The van der Waals surface area contributed by atoms with Gasteiger partial charge in [-0.05, 0) is 57.8 Å². The Labute approximate surface area is 355 Å². The first-order valence-electron chi connectivity index (χ1n) is 25.4. The minimum Gasteiger partial charge on any atom is -0.466 e. The Morgan fingerprint density at radius 3 is 1.25 bits per heavy atom. The van der Waals surface area contributed by atoms with Crippen molar-refractivity contribution in [2.45, 2.75) is 289 Å². The molecule has 0 aliphatic rings. The Morgan fingerprint density at radius 2 is 0.825 bits per heavy atom. The molecule has 2 unspecified atom stereocenters. The summed E-state index contributed by atoms with van der Waals surface area (Å²) in [6.45, 7) is 4.89. The minimum absolute atomic E-state index is 0.0190. The quantitative estimate of drug-likeness (QED) is 0.0323. The van der Waals surface area contributed by atoms with Crippen molar-refractivity contribution in [3.05, 3.63) is 12.2 Å². The van der Waals surface area contributed by atoms with Gasteiger partial charge >= 0.3 is 5.97 Å². The molecule has 0 spiro atoms. The number of ether oxygens (including phenoxy) is 1. The van der Waals surface area contributed by atoms with Gasteiger partial charge in [0.2, 0.25) is 5.91 Å². The van der Waals surface area contributed by atoms with Crippen molar-refractivity contribution < 1.29 is 24.5 Å². The molecule has 0 aromatic heterocycles. The van der Waals surface area contributed by atoms with E-state index in [4.69, 9.17) is 4.74 Å². The second-order valence-electron chi connectivity index (χ2n) is 17.5. The third-order valence-electron chi connectivity index (χ3n) is 11.8. The number of esters is 1. The predicted molar refractivity (Wildman–Crippen MR) is 246 cm³/mol. The first-order chi connectivity index (χ1) is 28.0. The summed E-state index contributed by atoms with van der Waals surface area (Å²) < 4.78 is 5.45. The van der Waals surface area contributed by atoms with E-state index in [0.717, 1.165) is 77.0 Å². The number of unbranched alkanes of at least 4 members (excludes halogenated alkanes) is 34. The lowest BCUT2D eigenvalue weighted by Gasteiger charge is -2.22. The van der Waals surface area contributed by atoms with Gasteiger partial charge in [0.05, 0.1) is 25.4 Å². The molecule has 6 nitrogen and oxygen atoms in total. The van der Waals surface area contributed by atoms with Crippen molar-refractivity contribution in [1.29, 1.82) is 0 Å². The summed E-state index contributed by atoms with van der Waals surface area (Å²) in [6, 6.07) is -0.557. The number of aliphatic hydroxyl groups excluding tert-OH is 2. The number of hydrogen-bond donors (Lipinski definition) is 3. The lowest BCUT2D eigenvalue weighted by atomic mass is 10.0. The van der Waals surface area contributed by atoms with Gasteiger partial charge in [-0.1, -0.05) is 219 Å². The fourth-order valence-electron chi connectivity index (χ4n) is 7.87.